The first-order valence-corrected chi connectivity index (χ1v) is 8.55. The lowest BCUT2D eigenvalue weighted by Crippen LogP contribution is -2.14. The van der Waals surface area contributed by atoms with Crippen LogP contribution in [0.25, 0.3) is 22.4 Å². The lowest BCUT2D eigenvalue weighted by Gasteiger charge is -2.25. The summed E-state index contributed by atoms with van der Waals surface area (Å²) in [6.07, 6.45) is 6.10. The molecule has 1 heterocycles. The van der Waals surface area contributed by atoms with E-state index in [1.165, 1.54) is 19.3 Å². The molecule has 4 nitrogen and oxygen atoms in total. The number of hydrogen-bond donors (Lipinski definition) is 1. The van der Waals surface area contributed by atoms with Crippen molar-refractivity contribution < 1.29 is 9.90 Å². The third-order valence-corrected chi connectivity index (χ3v) is 4.91. The highest BCUT2D eigenvalue weighted by Gasteiger charge is 2.22. The summed E-state index contributed by atoms with van der Waals surface area (Å²) in [5.74, 6) is 0.0328. The Hall–Kier alpha value is -2.33. The number of rotatable bonds is 3. The van der Waals surface area contributed by atoms with Gasteiger partial charge in [-0.1, -0.05) is 49.6 Å². The van der Waals surface area contributed by atoms with Crippen LogP contribution in [0.1, 0.15) is 48.5 Å². The van der Waals surface area contributed by atoms with Crippen molar-refractivity contribution in [3.05, 3.63) is 54.1 Å². The van der Waals surface area contributed by atoms with E-state index in [2.05, 4.69) is 16.7 Å². The Morgan fingerprint density at radius 2 is 1.76 bits per heavy atom. The summed E-state index contributed by atoms with van der Waals surface area (Å²) in [4.78, 5) is 16.1. The van der Waals surface area contributed by atoms with E-state index in [1.54, 1.807) is 12.1 Å². The summed E-state index contributed by atoms with van der Waals surface area (Å²) in [5.41, 5.74) is 3.16. The SMILES string of the molecule is Cl.O=C(O)c1ccc2c(c1)nc(-c1ccccc1)n2C1CCCCC1. The van der Waals surface area contributed by atoms with Crippen LogP contribution in [-0.4, -0.2) is 20.6 Å². The largest absolute Gasteiger partial charge is 0.478 e. The topological polar surface area (TPSA) is 55.1 Å². The van der Waals surface area contributed by atoms with E-state index in [0.29, 0.717) is 6.04 Å². The standard InChI is InChI=1S/C20H20N2O2.ClH/c23-20(24)15-11-12-18-17(13-15)21-19(14-7-3-1-4-8-14)22(18)16-9-5-2-6-10-16;/h1,3-4,7-8,11-13,16H,2,5-6,9-10H2,(H,23,24);1H. The number of hydrogen-bond acceptors (Lipinski definition) is 2. The van der Waals surface area contributed by atoms with Crippen molar-refractivity contribution in [2.24, 2.45) is 0 Å². The average Bonchev–Trinajstić information content (AvgIpc) is 3.01. The van der Waals surface area contributed by atoms with Gasteiger partial charge in [-0.25, -0.2) is 9.78 Å². The lowest BCUT2D eigenvalue weighted by molar-refractivity contribution is 0.0697. The van der Waals surface area contributed by atoms with Crippen LogP contribution in [0, 0.1) is 0 Å². The highest BCUT2D eigenvalue weighted by atomic mass is 35.5. The Kier molecular flexibility index (Phi) is 5.09. The van der Waals surface area contributed by atoms with Gasteiger partial charge in [0.25, 0.3) is 0 Å². The summed E-state index contributed by atoms with van der Waals surface area (Å²) < 4.78 is 2.33. The van der Waals surface area contributed by atoms with Crippen molar-refractivity contribution in [3.63, 3.8) is 0 Å². The van der Waals surface area contributed by atoms with E-state index in [1.807, 2.05) is 24.3 Å². The molecular weight excluding hydrogens is 336 g/mol. The van der Waals surface area contributed by atoms with Crippen molar-refractivity contribution in [2.75, 3.05) is 0 Å². The third kappa shape index (κ3) is 3.27. The van der Waals surface area contributed by atoms with Crippen molar-refractivity contribution >= 4 is 29.4 Å². The molecule has 1 fully saturated rings. The summed E-state index contributed by atoms with van der Waals surface area (Å²) in [7, 11) is 0. The number of carboxylic acid groups (broad SMARTS) is 1. The maximum absolute atomic E-state index is 11.3. The zero-order valence-corrected chi connectivity index (χ0v) is 14.7. The first-order valence-electron chi connectivity index (χ1n) is 8.55. The quantitative estimate of drug-likeness (QED) is 0.690. The smallest absolute Gasteiger partial charge is 0.335 e. The van der Waals surface area contributed by atoms with Gasteiger partial charge < -0.3 is 9.67 Å². The predicted molar refractivity (Wildman–Crippen MR) is 101 cm³/mol. The molecule has 130 valence electrons. The van der Waals surface area contributed by atoms with Crippen LogP contribution in [0.2, 0.25) is 0 Å². The predicted octanol–water partition coefficient (Wildman–Crippen LogP) is 5.33. The zero-order valence-electron chi connectivity index (χ0n) is 13.9. The van der Waals surface area contributed by atoms with Crippen LogP contribution >= 0.6 is 12.4 Å². The second kappa shape index (κ2) is 7.28. The third-order valence-electron chi connectivity index (χ3n) is 4.91. The molecule has 5 heteroatoms. The maximum atomic E-state index is 11.3. The van der Waals surface area contributed by atoms with E-state index in [-0.39, 0.29) is 18.0 Å². The second-order valence-corrected chi connectivity index (χ2v) is 6.47. The lowest BCUT2D eigenvalue weighted by atomic mass is 9.95. The molecule has 1 N–H and O–H groups in total. The van der Waals surface area contributed by atoms with Crippen molar-refractivity contribution in [1.82, 2.24) is 9.55 Å². The van der Waals surface area contributed by atoms with Gasteiger partial charge in [-0.3, -0.25) is 0 Å². The maximum Gasteiger partial charge on any atom is 0.335 e. The number of imidazole rings is 1. The molecule has 0 bridgehead atoms. The van der Waals surface area contributed by atoms with Gasteiger partial charge in [-0.2, -0.15) is 0 Å². The highest BCUT2D eigenvalue weighted by Crippen LogP contribution is 2.36. The molecule has 1 aromatic heterocycles. The number of carbonyl (C=O) groups is 1. The van der Waals surface area contributed by atoms with Crippen LogP contribution in [0.4, 0.5) is 0 Å². The summed E-state index contributed by atoms with van der Waals surface area (Å²) >= 11 is 0. The molecule has 0 aliphatic heterocycles. The molecule has 25 heavy (non-hydrogen) atoms. The van der Waals surface area contributed by atoms with Gasteiger partial charge in [0, 0.05) is 11.6 Å². The number of halogens is 1. The fourth-order valence-electron chi connectivity index (χ4n) is 3.73. The molecule has 0 saturated heterocycles. The Morgan fingerprint density at radius 3 is 2.44 bits per heavy atom. The molecule has 2 aromatic carbocycles. The molecule has 0 spiro atoms. The molecule has 0 amide bonds. The fourth-order valence-corrected chi connectivity index (χ4v) is 3.73. The first-order chi connectivity index (χ1) is 11.7. The number of fused-ring (bicyclic) bond motifs is 1. The number of benzene rings is 2. The molecule has 0 unspecified atom stereocenters. The number of aromatic nitrogens is 2. The van der Waals surface area contributed by atoms with Crippen LogP contribution in [-0.2, 0) is 0 Å². The minimum absolute atomic E-state index is 0. The van der Waals surface area contributed by atoms with E-state index in [4.69, 9.17) is 4.98 Å². The van der Waals surface area contributed by atoms with E-state index in [9.17, 15) is 9.90 Å². The van der Waals surface area contributed by atoms with E-state index >= 15 is 0 Å². The molecule has 0 radical (unpaired) electrons. The zero-order chi connectivity index (χ0) is 16.5. The molecule has 1 aliphatic rings. The second-order valence-electron chi connectivity index (χ2n) is 6.47. The van der Waals surface area contributed by atoms with Gasteiger partial charge in [0.2, 0.25) is 0 Å². The Balaban J connectivity index is 0.00000182. The summed E-state index contributed by atoms with van der Waals surface area (Å²) in [6, 6.07) is 15.9. The molecule has 0 atom stereocenters. The van der Waals surface area contributed by atoms with Crippen molar-refractivity contribution in [1.29, 1.82) is 0 Å². The molecular formula is C20H21ClN2O2. The molecule has 1 saturated carbocycles. The Morgan fingerprint density at radius 1 is 1.04 bits per heavy atom. The number of carboxylic acids is 1. The van der Waals surface area contributed by atoms with Gasteiger partial charge in [0.1, 0.15) is 5.82 Å². The Labute approximate surface area is 152 Å². The minimum Gasteiger partial charge on any atom is -0.478 e. The minimum atomic E-state index is -0.912. The molecule has 1 aliphatic carbocycles. The molecule has 4 rings (SSSR count). The van der Waals surface area contributed by atoms with Gasteiger partial charge in [-0.05, 0) is 31.0 Å². The van der Waals surface area contributed by atoms with Crippen molar-refractivity contribution in [2.45, 2.75) is 38.1 Å². The van der Waals surface area contributed by atoms with Crippen molar-refractivity contribution in [3.8, 4) is 11.4 Å². The monoisotopic (exact) mass is 356 g/mol. The number of nitrogens with zero attached hydrogens (tertiary/aromatic N) is 2. The van der Waals surface area contributed by atoms with Gasteiger partial charge in [0.05, 0.1) is 16.6 Å². The molecule has 3 aromatic rings. The highest BCUT2D eigenvalue weighted by molar-refractivity contribution is 5.93. The van der Waals surface area contributed by atoms with Crippen LogP contribution < -0.4 is 0 Å². The summed E-state index contributed by atoms with van der Waals surface area (Å²) in [6.45, 7) is 0. The van der Waals surface area contributed by atoms with Gasteiger partial charge in [0.15, 0.2) is 0 Å². The van der Waals surface area contributed by atoms with E-state index in [0.717, 1.165) is 35.3 Å². The summed E-state index contributed by atoms with van der Waals surface area (Å²) in [5, 5.41) is 9.25. The van der Waals surface area contributed by atoms with Gasteiger partial charge in [-0.15, -0.1) is 12.4 Å². The normalized spacial score (nSPS) is 15.0. The van der Waals surface area contributed by atoms with E-state index < -0.39 is 5.97 Å². The van der Waals surface area contributed by atoms with Gasteiger partial charge >= 0.3 is 5.97 Å². The van der Waals surface area contributed by atoms with Crippen LogP contribution in [0.3, 0.4) is 0 Å². The van der Waals surface area contributed by atoms with Crippen LogP contribution in [0.15, 0.2) is 48.5 Å². The average molecular weight is 357 g/mol. The first kappa shape index (κ1) is 17.5. The van der Waals surface area contributed by atoms with Crippen LogP contribution in [0.5, 0.6) is 0 Å². The Bertz CT molecular complexity index is 883. The fraction of sp³-hybridized carbons (Fsp3) is 0.300. The number of aromatic carboxylic acids is 1.